The lowest BCUT2D eigenvalue weighted by atomic mass is 10.3. The molecule has 1 heterocycles. The Balaban J connectivity index is 2.64. The van der Waals surface area contributed by atoms with E-state index in [9.17, 15) is 0 Å². The number of nitrogens with zero attached hydrogens (tertiary/aromatic N) is 3. The Labute approximate surface area is 74.4 Å². The molecule has 1 aliphatic heterocycles. The molecule has 0 N–H and O–H groups in total. The molecule has 0 aromatic rings. The molecule has 1 aliphatic rings. The van der Waals surface area contributed by atoms with Crippen LogP contribution in [0.5, 0.6) is 0 Å². The van der Waals surface area contributed by atoms with Crippen molar-refractivity contribution in [2.75, 3.05) is 33.2 Å². The molecule has 1 rings (SSSR count). The van der Waals surface area contributed by atoms with Gasteiger partial charge in [-0.2, -0.15) is 0 Å². The molecule has 0 aromatic carbocycles. The minimum Gasteiger partial charge on any atom is -0.335 e. The summed E-state index contributed by atoms with van der Waals surface area (Å²) in [5, 5.41) is 0. The van der Waals surface area contributed by atoms with E-state index in [2.05, 4.69) is 35.3 Å². The van der Waals surface area contributed by atoms with Crippen LogP contribution in [-0.2, 0) is 0 Å². The number of amidine groups is 1. The first kappa shape index (κ1) is 9.26. The zero-order chi connectivity index (χ0) is 8.97. The first-order valence-corrected chi connectivity index (χ1v) is 4.39. The predicted octanol–water partition coefficient (Wildman–Crippen LogP) is 0.796. The third kappa shape index (κ3) is 2.08. The Hall–Kier alpha value is -0.830. The van der Waals surface area contributed by atoms with Crippen molar-refractivity contribution in [3.05, 3.63) is 12.8 Å². The van der Waals surface area contributed by atoms with Crippen molar-refractivity contribution < 1.29 is 0 Å². The predicted molar refractivity (Wildman–Crippen MR) is 52.4 cm³/mol. The minimum absolute atomic E-state index is 0.855. The summed E-state index contributed by atoms with van der Waals surface area (Å²) in [6.45, 7) is 9.73. The van der Waals surface area contributed by atoms with Crippen molar-refractivity contribution in [2.24, 2.45) is 4.99 Å². The van der Waals surface area contributed by atoms with Crippen LogP contribution >= 0.6 is 0 Å². The molecule has 12 heavy (non-hydrogen) atoms. The van der Waals surface area contributed by atoms with Crippen LogP contribution in [0.15, 0.2) is 17.8 Å². The van der Waals surface area contributed by atoms with Gasteiger partial charge in [-0.25, -0.2) is 0 Å². The van der Waals surface area contributed by atoms with E-state index in [0.29, 0.717) is 0 Å². The zero-order valence-corrected chi connectivity index (χ0v) is 7.95. The van der Waals surface area contributed by atoms with Crippen molar-refractivity contribution in [2.45, 2.75) is 6.92 Å². The van der Waals surface area contributed by atoms with E-state index in [0.717, 1.165) is 32.0 Å². The van der Waals surface area contributed by atoms with Crippen LogP contribution in [0.2, 0.25) is 0 Å². The monoisotopic (exact) mass is 167 g/mol. The average Bonchev–Trinajstić information content (AvgIpc) is 2.05. The van der Waals surface area contributed by atoms with Gasteiger partial charge in [0.15, 0.2) is 0 Å². The third-order valence-corrected chi connectivity index (χ3v) is 2.03. The highest BCUT2D eigenvalue weighted by Crippen LogP contribution is 2.02. The van der Waals surface area contributed by atoms with E-state index >= 15 is 0 Å². The van der Waals surface area contributed by atoms with E-state index in [1.54, 1.807) is 0 Å². The smallest absolute Gasteiger partial charge is 0.117 e. The maximum absolute atomic E-state index is 4.42. The molecule has 1 saturated heterocycles. The number of rotatable bonds is 2. The summed E-state index contributed by atoms with van der Waals surface area (Å²) in [4.78, 5) is 8.82. The van der Waals surface area contributed by atoms with Crippen LogP contribution in [-0.4, -0.2) is 48.9 Å². The molecule has 0 aliphatic carbocycles. The van der Waals surface area contributed by atoms with Crippen molar-refractivity contribution >= 4 is 5.84 Å². The fourth-order valence-electron chi connectivity index (χ4n) is 1.34. The highest BCUT2D eigenvalue weighted by atomic mass is 15.3. The molecule has 0 atom stereocenters. The van der Waals surface area contributed by atoms with E-state index in [4.69, 9.17) is 0 Å². The maximum atomic E-state index is 4.42. The van der Waals surface area contributed by atoms with Crippen LogP contribution < -0.4 is 0 Å². The van der Waals surface area contributed by atoms with Crippen molar-refractivity contribution in [3.8, 4) is 0 Å². The van der Waals surface area contributed by atoms with E-state index < -0.39 is 0 Å². The topological polar surface area (TPSA) is 18.8 Å². The zero-order valence-electron chi connectivity index (χ0n) is 7.95. The molecular formula is C9H17N3. The molecule has 0 radical (unpaired) electrons. The number of piperazine rings is 1. The normalized spacial score (nSPS) is 23.2. The standard InChI is InChI=1S/C9H17N3/c1-4-10-9-8-11(3)6-7-12(9)5-2/h5H,2,4,6-8H2,1,3H3. The second-order valence-corrected chi connectivity index (χ2v) is 3.00. The van der Waals surface area contributed by atoms with Gasteiger partial charge in [-0.05, 0) is 20.2 Å². The molecule has 0 saturated carbocycles. The first-order chi connectivity index (χ1) is 5.77. The molecule has 0 bridgehead atoms. The van der Waals surface area contributed by atoms with Gasteiger partial charge in [-0.15, -0.1) is 0 Å². The van der Waals surface area contributed by atoms with Gasteiger partial charge in [0, 0.05) is 19.6 Å². The number of aliphatic imine (C=N–C) groups is 1. The summed E-state index contributed by atoms with van der Waals surface area (Å²) < 4.78 is 0. The van der Waals surface area contributed by atoms with Gasteiger partial charge < -0.3 is 4.90 Å². The van der Waals surface area contributed by atoms with Crippen LogP contribution in [0.25, 0.3) is 0 Å². The highest BCUT2D eigenvalue weighted by Gasteiger charge is 2.16. The fraction of sp³-hybridized carbons (Fsp3) is 0.667. The lowest BCUT2D eigenvalue weighted by Gasteiger charge is -2.32. The first-order valence-electron chi connectivity index (χ1n) is 4.39. The van der Waals surface area contributed by atoms with E-state index in [-0.39, 0.29) is 0 Å². The van der Waals surface area contributed by atoms with Gasteiger partial charge in [0.25, 0.3) is 0 Å². The second kappa shape index (κ2) is 4.26. The largest absolute Gasteiger partial charge is 0.335 e. The summed E-state index contributed by atoms with van der Waals surface area (Å²) >= 11 is 0. The highest BCUT2D eigenvalue weighted by molar-refractivity contribution is 5.85. The van der Waals surface area contributed by atoms with Gasteiger partial charge in [0.1, 0.15) is 5.84 Å². The van der Waals surface area contributed by atoms with Gasteiger partial charge in [-0.1, -0.05) is 6.58 Å². The Morgan fingerprint density at radius 3 is 2.92 bits per heavy atom. The van der Waals surface area contributed by atoms with Crippen LogP contribution in [0.4, 0.5) is 0 Å². The molecular weight excluding hydrogens is 150 g/mol. The molecule has 0 aromatic heterocycles. The van der Waals surface area contributed by atoms with Gasteiger partial charge in [0.05, 0.1) is 6.54 Å². The Bertz CT molecular complexity index is 186. The Morgan fingerprint density at radius 2 is 2.33 bits per heavy atom. The van der Waals surface area contributed by atoms with Crippen LogP contribution in [0.1, 0.15) is 6.92 Å². The molecule has 3 heteroatoms. The van der Waals surface area contributed by atoms with E-state index in [1.807, 2.05) is 6.20 Å². The van der Waals surface area contributed by atoms with E-state index in [1.165, 1.54) is 0 Å². The number of likely N-dealkylation sites (N-methyl/N-ethyl adjacent to an activating group) is 1. The summed E-state index contributed by atoms with van der Waals surface area (Å²) in [6.07, 6.45) is 1.86. The molecule has 0 amide bonds. The van der Waals surface area contributed by atoms with Gasteiger partial charge in [-0.3, -0.25) is 9.89 Å². The molecule has 3 nitrogen and oxygen atoms in total. The summed E-state index contributed by atoms with van der Waals surface area (Å²) in [5.74, 6) is 1.14. The number of hydrogen-bond acceptors (Lipinski definition) is 2. The second-order valence-electron chi connectivity index (χ2n) is 3.00. The minimum atomic E-state index is 0.855. The van der Waals surface area contributed by atoms with Gasteiger partial charge in [0.2, 0.25) is 0 Å². The Kier molecular flexibility index (Phi) is 3.29. The van der Waals surface area contributed by atoms with Crippen molar-refractivity contribution in [3.63, 3.8) is 0 Å². The lowest BCUT2D eigenvalue weighted by molar-refractivity contribution is 0.301. The summed E-state index contributed by atoms with van der Waals surface area (Å²) in [5.41, 5.74) is 0. The molecule has 1 fully saturated rings. The van der Waals surface area contributed by atoms with Crippen molar-refractivity contribution in [1.82, 2.24) is 9.80 Å². The molecule has 0 spiro atoms. The quantitative estimate of drug-likeness (QED) is 0.605. The summed E-state index contributed by atoms with van der Waals surface area (Å²) in [7, 11) is 2.12. The Morgan fingerprint density at radius 1 is 1.58 bits per heavy atom. The third-order valence-electron chi connectivity index (χ3n) is 2.03. The van der Waals surface area contributed by atoms with Crippen LogP contribution in [0, 0.1) is 0 Å². The lowest BCUT2D eigenvalue weighted by Crippen LogP contribution is -2.46. The molecule has 68 valence electrons. The van der Waals surface area contributed by atoms with Crippen molar-refractivity contribution in [1.29, 1.82) is 0 Å². The maximum Gasteiger partial charge on any atom is 0.117 e. The molecule has 0 unspecified atom stereocenters. The van der Waals surface area contributed by atoms with Gasteiger partial charge >= 0.3 is 0 Å². The number of hydrogen-bond donors (Lipinski definition) is 0. The van der Waals surface area contributed by atoms with Crippen LogP contribution in [0.3, 0.4) is 0 Å². The average molecular weight is 167 g/mol. The SMILES string of the molecule is C=CN1CCN(C)CC1=NCC. The fourth-order valence-corrected chi connectivity index (χ4v) is 1.34. The summed E-state index contributed by atoms with van der Waals surface area (Å²) in [6, 6.07) is 0.